The second-order valence-electron chi connectivity index (χ2n) is 6.58. The summed E-state index contributed by atoms with van der Waals surface area (Å²) in [7, 11) is 0. The second-order valence-corrected chi connectivity index (χ2v) is 7.54. The lowest BCUT2D eigenvalue weighted by atomic mass is 9.70. The van der Waals surface area contributed by atoms with E-state index in [9.17, 15) is 14.9 Å². The van der Waals surface area contributed by atoms with Crippen LogP contribution in [0.2, 0.25) is 0 Å². The van der Waals surface area contributed by atoms with Gasteiger partial charge in [0.15, 0.2) is 11.5 Å². The minimum absolute atomic E-state index is 0.0315. The van der Waals surface area contributed by atoms with Crippen molar-refractivity contribution in [3.63, 3.8) is 0 Å². The van der Waals surface area contributed by atoms with Crippen molar-refractivity contribution in [1.29, 1.82) is 5.26 Å². The number of thioether (sulfide) groups is 1. The van der Waals surface area contributed by atoms with Crippen molar-refractivity contribution in [2.45, 2.75) is 25.2 Å². The zero-order chi connectivity index (χ0) is 19.0. The highest BCUT2D eigenvalue weighted by atomic mass is 32.2. The van der Waals surface area contributed by atoms with Gasteiger partial charge in [-0.3, -0.25) is 9.59 Å². The van der Waals surface area contributed by atoms with E-state index < -0.39 is 17.7 Å². The summed E-state index contributed by atoms with van der Waals surface area (Å²) >= 11 is 1.15. The standard InChI is InChI=1S/C19H17N3O4S/c20-7-11-17(10-4-5-14-15(6-10)26-9-25-14)18-12(2-1-3-13(18)23)22-19(11)27-8-16(21)24/h4-6,17-18H,1-3,8-9H2,(H2,21,24)/t17-,18-/m1/s1. The number of benzene rings is 1. The number of fused-ring (bicyclic) bond motifs is 2. The van der Waals surface area contributed by atoms with Crippen molar-refractivity contribution in [2.24, 2.45) is 16.6 Å². The first-order chi connectivity index (χ1) is 13.1. The lowest BCUT2D eigenvalue weighted by Crippen LogP contribution is -2.37. The van der Waals surface area contributed by atoms with E-state index in [1.165, 1.54) is 0 Å². The molecule has 8 heteroatoms. The molecule has 7 nitrogen and oxygen atoms in total. The van der Waals surface area contributed by atoms with Gasteiger partial charge < -0.3 is 15.2 Å². The summed E-state index contributed by atoms with van der Waals surface area (Å²) in [5.74, 6) is -0.00979. The number of nitrogens with zero attached hydrogens (tertiary/aromatic N) is 2. The SMILES string of the molecule is N#CC1=C(SCC(N)=O)N=C2CCCC(=O)[C@@H]2[C@@H]1c1ccc2c(c1)OCO2. The number of Topliss-reactive ketones (excluding diaryl/α,β-unsaturated/α-hetero) is 1. The Morgan fingerprint density at radius 1 is 1.30 bits per heavy atom. The highest BCUT2D eigenvalue weighted by Gasteiger charge is 2.42. The van der Waals surface area contributed by atoms with Gasteiger partial charge in [-0.05, 0) is 30.5 Å². The van der Waals surface area contributed by atoms with Gasteiger partial charge in [0.1, 0.15) is 10.8 Å². The van der Waals surface area contributed by atoms with E-state index >= 15 is 0 Å². The molecule has 138 valence electrons. The third kappa shape index (κ3) is 3.19. The van der Waals surface area contributed by atoms with Crippen LogP contribution in [0.5, 0.6) is 11.5 Å². The molecule has 1 fully saturated rings. The number of ether oxygens (including phenoxy) is 2. The third-order valence-electron chi connectivity index (χ3n) is 4.91. The highest BCUT2D eigenvalue weighted by Crippen LogP contribution is 2.46. The molecule has 2 N–H and O–H groups in total. The Morgan fingerprint density at radius 3 is 2.89 bits per heavy atom. The Bertz CT molecular complexity index is 931. The minimum Gasteiger partial charge on any atom is -0.454 e. The average Bonchev–Trinajstić information content (AvgIpc) is 3.13. The van der Waals surface area contributed by atoms with Crippen molar-refractivity contribution in [2.75, 3.05) is 12.5 Å². The molecular formula is C19H17N3O4S. The van der Waals surface area contributed by atoms with Gasteiger partial charge in [-0.2, -0.15) is 5.26 Å². The average molecular weight is 383 g/mol. The first-order valence-corrected chi connectivity index (χ1v) is 9.62. The zero-order valence-corrected chi connectivity index (χ0v) is 15.3. The lowest BCUT2D eigenvalue weighted by molar-refractivity contribution is -0.122. The number of primary amides is 1. The molecule has 2 aliphatic heterocycles. The lowest BCUT2D eigenvalue weighted by Gasteiger charge is -2.34. The molecule has 0 radical (unpaired) electrons. The quantitative estimate of drug-likeness (QED) is 0.853. The van der Waals surface area contributed by atoms with Gasteiger partial charge in [-0.25, -0.2) is 4.99 Å². The van der Waals surface area contributed by atoms with Crippen molar-refractivity contribution in [3.8, 4) is 17.6 Å². The molecule has 1 saturated carbocycles. The smallest absolute Gasteiger partial charge is 0.231 e. The normalized spacial score (nSPS) is 23.5. The maximum Gasteiger partial charge on any atom is 0.231 e. The highest BCUT2D eigenvalue weighted by molar-refractivity contribution is 8.03. The van der Waals surface area contributed by atoms with Crippen molar-refractivity contribution >= 4 is 29.2 Å². The number of aliphatic imine (C=N–C) groups is 1. The number of allylic oxidation sites excluding steroid dienone is 1. The van der Waals surface area contributed by atoms with Crippen molar-refractivity contribution in [1.82, 2.24) is 0 Å². The number of hydrogen-bond donors (Lipinski definition) is 1. The van der Waals surface area contributed by atoms with Gasteiger partial charge in [-0.15, -0.1) is 0 Å². The predicted octanol–water partition coefficient (Wildman–Crippen LogP) is 2.28. The summed E-state index contributed by atoms with van der Waals surface area (Å²) in [5, 5.41) is 10.3. The number of amides is 1. The molecule has 0 saturated heterocycles. The van der Waals surface area contributed by atoms with Crippen LogP contribution in [0, 0.1) is 17.2 Å². The Labute approximate surface area is 160 Å². The predicted molar refractivity (Wildman–Crippen MR) is 99.4 cm³/mol. The number of ketones is 1. The molecule has 2 atom stereocenters. The van der Waals surface area contributed by atoms with E-state index in [2.05, 4.69) is 11.1 Å². The molecular weight excluding hydrogens is 366 g/mol. The molecule has 2 heterocycles. The van der Waals surface area contributed by atoms with Gasteiger partial charge in [0, 0.05) is 18.1 Å². The fourth-order valence-corrected chi connectivity index (χ4v) is 4.56. The van der Waals surface area contributed by atoms with Crippen LogP contribution in [0.25, 0.3) is 0 Å². The Balaban J connectivity index is 1.82. The van der Waals surface area contributed by atoms with E-state index in [-0.39, 0.29) is 18.3 Å². The number of nitrogens with two attached hydrogens (primary N) is 1. The topological polar surface area (TPSA) is 115 Å². The maximum atomic E-state index is 12.7. The molecule has 1 amide bonds. The maximum absolute atomic E-state index is 12.7. The van der Waals surface area contributed by atoms with Gasteiger partial charge >= 0.3 is 0 Å². The van der Waals surface area contributed by atoms with E-state index in [1.807, 2.05) is 12.1 Å². The van der Waals surface area contributed by atoms with Gasteiger partial charge in [0.2, 0.25) is 12.7 Å². The van der Waals surface area contributed by atoms with Crippen LogP contribution < -0.4 is 15.2 Å². The van der Waals surface area contributed by atoms with Crippen molar-refractivity contribution in [3.05, 3.63) is 34.4 Å². The minimum atomic E-state index is -0.480. The third-order valence-corrected chi connectivity index (χ3v) is 5.92. The first kappa shape index (κ1) is 17.6. The van der Waals surface area contributed by atoms with Crippen LogP contribution in [-0.2, 0) is 9.59 Å². The number of hydrogen-bond acceptors (Lipinski definition) is 7. The van der Waals surface area contributed by atoms with E-state index in [1.54, 1.807) is 6.07 Å². The summed E-state index contributed by atoms with van der Waals surface area (Å²) < 4.78 is 10.8. The largest absolute Gasteiger partial charge is 0.454 e. The van der Waals surface area contributed by atoms with E-state index in [0.717, 1.165) is 29.5 Å². The van der Waals surface area contributed by atoms with Gasteiger partial charge in [0.05, 0.1) is 23.3 Å². The van der Waals surface area contributed by atoms with E-state index in [0.29, 0.717) is 34.9 Å². The molecule has 1 aromatic rings. The van der Waals surface area contributed by atoms with Gasteiger partial charge in [-0.1, -0.05) is 17.8 Å². The fourth-order valence-electron chi connectivity index (χ4n) is 3.77. The molecule has 0 bridgehead atoms. The molecule has 27 heavy (non-hydrogen) atoms. The second kappa shape index (κ2) is 7.08. The molecule has 1 aromatic carbocycles. The summed E-state index contributed by atoms with van der Waals surface area (Å²) in [6.45, 7) is 0.152. The first-order valence-electron chi connectivity index (χ1n) is 8.63. The molecule has 4 rings (SSSR count). The van der Waals surface area contributed by atoms with Crippen LogP contribution in [0.1, 0.15) is 30.7 Å². The van der Waals surface area contributed by atoms with Crippen LogP contribution in [-0.4, -0.2) is 29.9 Å². The monoisotopic (exact) mass is 383 g/mol. The summed E-state index contributed by atoms with van der Waals surface area (Å²) in [5.41, 5.74) is 7.24. The number of rotatable bonds is 4. The summed E-state index contributed by atoms with van der Waals surface area (Å²) in [6.07, 6.45) is 1.93. The Kier molecular flexibility index (Phi) is 4.62. The molecule has 0 unspecified atom stereocenters. The van der Waals surface area contributed by atoms with Crippen LogP contribution in [0.3, 0.4) is 0 Å². The van der Waals surface area contributed by atoms with Crippen LogP contribution in [0.4, 0.5) is 0 Å². The van der Waals surface area contributed by atoms with Crippen LogP contribution in [0.15, 0.2) is 33.8 Å². The summed E-state index contributed by atoms with van der Waals surface area (Å²) in [4.78, 5) is 28.5. The Morgan fingerprint density at radius 2 is 2.11 bits per heavy atom. The molecule has 0 spiro atoms. The Hall–Kier alpha value is -2.79. The summed E-state index contributed by atoms with van der Waals surface area (Å²) in [6, 6.07) is 7.70. The van der Waals surface area contributed by atoms with Gasteiger partial charge in [0.25, 0.3) is 0 Å². The molecule has 1 aliphatic carbocycles. The number of nitriles is 1. The molecule has 3 aliphatic rings. The fraction of sp³-hybridized carbons (Fsp3) is 0.368. The molecule has 0 aromatic heterocycles. The zero-order valence-electron chi connectivity index (χ0n) is 14.4. The number of carbonyl (C=O) groups excluding carboxylic acids is 2. The number of carbonyl (C=O) groups is 2. The van der Waals surface area contributed by atoms with E-state index in [4.69, 9.17) is 15.2 Å². The van der Waals surface area contributed by atoms with Crippen LogP contribution >= 0.6 is 11.8 Å². The van der Waals surface area contributed by atoms with Crippen molar-refractivity contribution < 1.29 is 19.1 Å².